The molecule has 0 radical (unpaired) electrons. The summed E-state index contributed by atoms with van der Waals surface area (Å²) < 4.78 is 0. The number of nitrogens with one attached hydrogen (secondary N) is 1. The minimum absolute atomic E-state index is 0.00829. The highest BCUT2D eigenvalue weighted by Gasteiger charge is 2.42. The molecular formula is C11H20N2O2. The third-order valence-corrected chi connectivity index (χ3v) is 2.90. The SMILES string of the molecule is CCC1C(=O)NC(C(C)(C)C)C(=O)N1C. The summed E-state index contributed by atoms with van der Waals surface area (Å²) in [6, 6.07) is -0.714. The molecule has 0 aromatic rings. The Morgan fingerprint density at radius 1 is 1.33 bits per heavy atom. The van der Waals surface area contributed by atoms with E-state index in [4.69, 9.17) is 0 Å². The molecule has 1 N–H and O–H groups in total. The van der Waals surface area contributed by atoms with Crippen molar-refractivity contribution in [1.82, 2.24) is 10.2 Å². The third-order valence-electron chi connectivity index (χ3n) is 2.90. The van der Waals surface area contributed by atoms with Gasteiger partial charge in [0.15, 0.2) is 0 Å². The fourth-order valence-corrected chi connectivity index (χ4v) is 1.88. The number of nitrogens with zero attached hydrogens (tertiary/aromatic N) is 1. The van der Waals surface area contributed by atoms with Gasteiger partial charge in [0.25, 0.3) is 0 Å². The van der Waals surface area contributed by atoms with Crippen LogP contribution in [-0.4, -0.2) is 35.8 Å². The molecule has 0 spiro atoms. The van der Waals surface area contributed by atoms with Crippen molar-refractivity contribution in [2.75, 3.05) is 7.05 Å². The minimum Gasteiger partial charge on any atom is -0.342 e. The van der Waals surface area contributed by atoms with Gasteiger partial charge in [0, 0.05) is 7.05 Å². The highest BCUT2D eigenvalue weighted by molar-refractivity contribution is 5.97. The van der Waals surface area contributed by atoms with E-state index >= 15 is 0 Å². The Hall–Kier alpha value is -1.06. The van der Waals surface area contributed by atoms with Crippen LogP contribution in [0.5, 0.6) is 0 Å². The first-order valence-corrected chi connectivity index (χ1v) is 5.36. The number of carbonyl (C=O) groups is 2. The molecule has 1 heterocycles. The molecule has 0 saturated carbocycles. The van der Waals surface area contributed by atoms with Crippen LogP contribution in [0.4, 0.5) is 0 Å². The van der Waals surface area contributed by atoms with Crippen molar-refractivity contribution in [3.63, 3.8) is 0 Å². The van der Waals surface area contributed by atoms with Crippen LogP contribution in [0.15, 0.2) is 0 Å². The second-order valence-corrected chi connectivity index (χ2v) is 5.18. The molecule has 1 aliphatic rings. The van der Waals surface area contributed by atoms with Gasteiger partial charge < -0.3 is 10.2 Å². The molecular weight excluding hydrogens is 192 g/mol. The Labute approximate surface area is 91.0 Å². The summed E-state index contributed by atoms with van der Waals surface area (Å²) in [6.45, 7) is 7.77. The Balaban J connectivity index is 2.92. The second kappa shape index (κ2) is 3.83. The molecule has 1 rings (SSSR count). The van der Waals surface area contributed by atoms with Gasteiger partial charge in [-0.05, 0) is 11.8 Å². The Morgan fingerprint density at radius 2 is 1.87 bits per heavy atom. The molecule has 1 fully saturated rings. The van der Waals surface area contributed by atoms with Gasteiger partial charge >= 0.3 is 0 Å². The van der Waals surface area contributed by atoms with Crippen LogP contribution in [-0.2, 0) is 9.59 Å². The molecule has 0 aliphatic carbocycles. The summed E-state index contributed by atoms with van der Waals surface area (Å²) in [5, 5.41) is 2.81. The highest BCUT2D eigenvalue weighted by atomic mass is 16.2. The predicted molar refractivity (Wildman–Crippen MR) is 58.2 cm³/mol. The lowest BCUT2D eigenvalue weighted by molar-refractivity contribution is -0.150. The number of hydrogen-bond acceptors (Lipinski definition) is 2. The molecule has 4 heteroatoms. The average molecular weight is 212 g/mol. The Kier molecular flexibility index (Phi) is 3.07. The fraction of sp³-hybridized carbons (Fsp3) is 0.818. The van der Waals surface area contributed by atoms with Gasteiger partial charge in [-0.2, -0.15) is 0 Å². The van der Waals surface area contributed by atoms with Gasteiger partial charge in [0.1, 0.15) is 12.1 Å². The van der Waals surface area contributed by atoms with E-state index in [2.05, 4.69) is 5.32 Å². The smallest absolute Gasteiger partial charge is 0.246 e. The van der Waals surface area contributed by atoms with Gasteiger partial charge in [-0.3, -0.25) is 9.59 Å². The van der Waals surface area contributed by atoms with E-state index in [0.29, 0.717) is 6.42 Å². The molecule has 4 nitrogen and oxygen atoms in total. The van der Waals surface area contributed by atoms with Crippen molar-refractivity contribution >= 4 is 11.8 Å². The lowest BCUT2D eigenvalue weighted by Gasteiger charge is -2.41. The van der Waals surface area contributed by atoms with E-state index in [9.17, 15) is 9.59 Å². The van der Waals surface area contributed by atoms with E-state index in [1.807, 2.05) is 27.7 Å². The number of amides is 2. The Morgan fingerprint density at radius 3 is 2.27 bits per heavy atom. The number of piperazine rings is 1. The zero-order chi connectivity index (χ0) is 11.8. The van der Waals surface area contributed by atoms with Gasteiger partial charge in [-0.15, -0.1) is 0 Å². The normalized spacial score (nSPS) is 27.9. The lowest BCUT2D eigenvalue weighted by Crippen LogP contribution is -2.65. The largest absolute Gasteiger partial charge is 0.342 e. The van der Waals surface area contributed by atoms with Crippen LogP contribution in [0.2, 0.25) is 0 Å². The second-order valence-electron chi connectivity index (χ2n) is 5.18. The van der Waals surface area contributed by atoms with E-state index in [1.165, 1.54) is 0 Å². The maximum absolute atomic E-state index is 12.0. The molecule has 2 amide bonds. The first kappa shape index (κ1) is 12.0. The summed E-state index contributed by atoms with van der Waals surface area (Å²) in [5.41, 5.74) is -0.236. The van der Waals surface area contributed by atoms with Crippen LogP contribution in [0.3, 0.4) is 0 Å². The summed E-state index contributed by atoms with van der Waals surface area (Å²) in [5.74, 6) is -0.0338. The predicted octanol–water partition coefficient (Wildman–Crippen LogP) is 0.768. The molecule has 0 aromatic heterocycles. The van der Waals surface area contributed by atoms with Crippen molar-refractivity contribution in [3.8, 4) is 0 Å². The molecule has 2 unspecified atom stereocenters. The zero-order valence-electron chi connectivity index (χ0n) is 10.1. The van der Waals surface area contributed by atoms with Crippen LogP contribution in [0.25, 0.3) is 0 Å². The molecule has 0 bridgehead atoms. The van der Waals surface area contributed by atoms with Crippen LogP contribution in [0, 0.1) is 5.41 Å². The van der Waals surface area contributed by atoms with Crippen LogP contribution < -0.4 is 5.32 Å². The van der Waals surface area contributed by atoms with Crippen LogP contribution in [0.1, 0.15) is 34.1 Å². The third kappa shape index (κ3) is 2.13. The summed E-state index contributed by atoms with van der Waals surface area (Å²) in [6.07, 6.45) is 0.658. The van der Waals surface area contributed by atoms with Gasteiger partial charge in [0.2, 0.25) is 11.8 Å². The monoisotopic (exact) mass is 212 g/mol. The molecule has 1 aliphatic heterocycles. The summed E-state index contributed by atoms with van der Waals surface area (Å²) >= 11 is 0. The van der Waals surface area contributed by atoms with Crippen molar-refractivity contribution in [1.29, 1.82) is 0 Å². The quantitative estimate of drug-likeness (QED) is 0.698. The maximum Gasteiger partial charge on any atom is 0.246 e. The first-order chi connectivity index (χ1) is 6.79. The maximum atomic E-state index is 12.0. The Bertz CT molecular complexity index is 281. The van der Waals surface area contributed by atoms with E-state index in [0.717, 1.165) is 0 Å². The average Bonchev–Trinajstić information content (AvgIpc) is 2.10. The van der Waals surface area contributed by atoms with E-state index < -0.39 is 6.04 Å². The number of carbonyl (C=O) groups excluding carboxylic acids is 2. The molecule has 2 atom stereocenters. The van der Waals surface area contributed by atoms with E-state index in [-0.39, 0.29) is 23.3 Å². The van der Waals surface area contributed by atoms with Gasteiger partial charge in [0.05, 0.1) is 0 Å². The highest BCUT2D eigenvalue weighted by Crippen LogP contribution is 2.24. The summed E-state index contributed by atoms with van der Waals surface area (Å²) in [7, 11) is 1.70. The van der Waals surface area contributed by atoms with Crippen molar-refractivity contribution in [2.45, 2.75) is 46.2 Å². The number of hydrogen-bond donors (Lipinski definition) is 1. The molecule has 15 heavy (non-hydrogen) atoms. The lowest BCUT2D eigenvalue weighted by atomic mass is 9.84. The molecule has 0 aromatic carbocycles. The number of rotatable bonds is 1. The van der Waals surface area contributed by atoms with Crippen molar-refractivity contribution in [3.05, 3.63) is 0 Å². The van der Waals surface area contributed by atoms with Gasteiger partial charge in [-0.25, -0.2) is 0 Å². The number of likely N-dealkylation sites (N-methyl/N-ethyl adjacent to an activating group) is 1. The fourth-order valence-electron chi connectivity index (χ4n) is 1.88. The van der Waals surface area contributed by atoms with Gasteiger partial charge in [-0.1, -0.05) is 27.7 Å². The summed E-state index contributed by atoms with van der Waals surface area (Å²) in [4.78, 5) is 25.3. The van der Waals surface area contributed by atoms with E-state index in [1.54, 1.807) is 11.9 Å². The van der Waals surface area contributed by atoms with Crippen LogP contribution >= 0.6 is 0 Å². The van der Waals surface area contributed by atoms with Crippen molar-refractivity contribution < 1.29 is 9.59 Å². The standard InChI is InChI=1S/C11H20N2O2/c1-6-7-9(14)12-8(11(2,3)4)10(15)13(7)5/h7-8H,6H2,1-5H3,(H,12,14). The topological polar surface area (TPSA) is 49.4 Å². The molecule has 1 saturated heterocycles. The minimum atomic E-state index is -0.405. The first-order valence-electron chi connectivity index (χ1n) is 5.36. The van der Waals surface area contributed by atoms with Crippen molar-refractivity contribution in [2.24, 2.45) is 5.41 Å². The zero-order valence-corrected chi connectivity index (χ0v) is 10.1. The molecule has 86 valence electrons.